The average Bonchev–Trinajstić information content (AvgIpc) is 1.87. The summed E-state index contributed by atoms with van der Waals surface area (Å²) in [5.41, 5.74) is 0. The molecular formula is C7H13FO. The average molecular weight is 132 g/mol. The van der Waals surface area contributed by atoms with Gasteiger partial charge in [-0.1, -0.05) is 20.3 Å². The van der Waals surface area contributed by atoms with Crippen LogP contribution >= 0.6 is 0 Å². The van der Waals surface area contributed by atoms with Gasteiger partial charge in [-0.25, -0.2) is 4.39 Å². The minimum Gasteiger partial charge on any atom is -0.300 e. The second-order valence-electron chi connectivity index (χ2n) is 2.35. The molecule has 0 aromatic heterocycles. The quantitative estimate of drug-likeness (QED) is 0.534. The first-order valence-electron chi connectivity index (χ1n) is 3.31. The van der Waals surface area contributed by atoms with E-state index in [0.29, 0.717) is 6.29 Å². The van der Waals surface area contributed by atoms with Crippen LogP contribution in [-0.4, -0.2) is 12.5 Å². The summed E-state index contributed by atoms with van der Waals surface area (Å²) in [4.78, 5) is 9.85. The summed E-state index contributed by atoms with van der Waals surface area (Å²) in [7, 11) is 0. The van der Waals surface area contributed by atoms with E-state index in [0.717, 1.165) is 12.8 Å². The fourth-order valence-electron chi connectivity index (χ4n) is 0.749. The van der Waals surface area contributed by atoms with Gasteiger partial charge in [0.05, 0.1) is 0 Å². The number of halogens is 1. The van der Waals surface area contributed by atoms with E-state index in [1.54, 1.807) is 6.92 Å². The molecule has 2 heteroatoms. The van der Waals surface area contributed by atoms with Gasteiger partial charge in [-0.05, 0) is 12.3 Å². The third kappa shape index (κ3) is 3.22. The number of hydrogen-bond acceptors (Lipinski definition) is 1. The van der Waals surface area contributed by atoms with Crippen LogP contribution in [0.5, 0.6) is 0 Å². The van der Waals surface area contributed by atoms with Crippen molar-refractivity contribution in [2.75, 3.05) is 0 Å². The molecular weight excluding hydrogens is 119 g/mol. The predicted molar refractivity (Wildman–Crippen MR) is 35.0 cm³/mol. The second kappa shape index (κ2) is 4.48. The van der Waals surface area contributed by atoms with E-state index in [1.165, 1.54) is 0 Å². The highest BCUT2D eigenvalue weighted by molar-refractivity contribution is 5.56. The first-order valence-corrected chi connectivity index (χ1v) is 3.31. The summed E-state index contributed by atoms with van der Waals surface area (Å²) >= 11 is 0. The van der Waals surface area contributed by atoms with Crippen LogP contribution in [0, 0.1) is 5.92 Å². The molecule has 2 unspecified atom stereocenters. The van der Waals surface area contributed by atoms with Crippen LogP contribution in [0.1, 0.15) is 26.7 Å². The summed E-state index contributed by atoms with van der Waals surface area (Å²) in [6, 6.07) is 0. The van der Waals surface area contributed by atoms with Crippen LogP contribution in [0.4, 0.5) is 4.39 Å². The molecule has 0 aromatic carbocycles. The van der Waals surface area contributed by atoms with E-state index in [2.05, 4.69) is 0 Å². The molecule has 0 saturated heterocycles. The zero-order valence-corrected chi connectivity index (χ0v) is 5.93. The monoisotopic (exact) mass is 132 g/mol. The van der Waals surface area contributed by atoms with Crippen LogP contribution in [0.25, 0.3) is 0 Å². The highest BCUT2D eigenvalue weighted by Crippen LogP contribution is 2.11. The molecule has 9 heavy (non-hydrogen) atoms. The lowest BCUT2D eigenvalue weighted by molar-refractivity contribution is -0.113. The van der Waals surface area contributed by atoms with Crippen molar-refractivity contribution in [1.82, 2.24) is 0 Å². The van der Waals surface area contributed by atoms with Crippen molar-refractivity contribution in [3.63, 3.8) is 0 Å². The summed E-state index contributed by atoms with van der Waals surface area (Å²) in [6.07, 6.45) is 0.847. The van der Waals surface area contributed by atoms with Gasteiger partial charge in [0.1, 0.15) is 0 Å². The van der Waals surface area contributed by atoms with Crippen LogP contribution < -0.4 is 0 Å². The first-order chi connectivity index (χ1) is 4.22. The maximum atomic E-state index is 12.3. The van der Waals surface area contributed by atoms with Gasteiger partial charge in [-0.15, -0.1) is 0 Å². The molecule has 0 rings (SSSR count). The Morgan fingerprint density at radius 1 is 1.67 bits per heavy atom. The Morgan fingerprint density at radius 3 is 2.56 bits per heavy atom. The Balaban J connectivity index is 3.44. The fraction of sp³-hybridized carbons (Fsp3) is 0.857. The van der Waals surface area contributed by atoms with Gasteiger partial charge in [-0.3, -0.25) is 0 Å². The van der Waals surface area contributed by atoms with Gasteiger partial charge < -0.3 is 4.79 Å². The van der Waals surface area contributed by atoms with Crippen molar-refractivity contribution >= 4 is 6.29 Å². The van der Waals surface area contributed by atoms with Crippen LogP contribution in [-0.2, 0) is 4.79 Å². The molecule has 0 aliphatic heterocycles. The Bertz CT molecular complexity index is 83.0. The number of carbonyl (C=O) groups is 1. The number of alkyl halides is 1. The molecule has 0 aliphatic rings. The predicted octanol–water partition coefficient (Wildman–Crippen LogP) is 1.96. The third-order valence-electron chi connectivity index (χ3n) is 1.42. The smallest absolute Gasteiger partial charge is 0.158 e. The molecule has 0 radical (unpaired) electrons. The summed E-state index contributed by atoms with van der Waals surface area (Å²) in [5.74, 6) is -0.104. The highest BCUT2D eigenvalue weighted by atomic mass is 19.1. The maximum Gasteiger partial charge on any atom is 0.158 e. The van der Waals surface area contributed by atoms with Crippen molar-refractivity contribution in [1.29, 1.82) is 0 Å². The summed E-state index contributed by atoms with van der Waals surface area (Å²) in [6.45, 7) is 3.73. The number of hydrogen-bond donors (Lipinski definition) is 0. The lowest BCUT2D eigenvalue weighted by Gasteiger charge is -2.08. The molecule has 0 bridgehead atoms. The van der Waals surface area contributed by atoms with Crippen molar-refractivity contribution in [2.24, 2.45) is 5.92 Å². The molecule has 2 atom stereocenters. The molecule has 0 spiro atoms. The summed E-state index contributed by atoms with van der Waals surface area (Å²) in [5, 5.41) is 0. The van der Waals surface area contributed by atoms with Crippen LogP contribution in [0.15, 0.2) is 0 Å². The van der Waals surface area contributed by atoms with Gasteiger partial charge in [-0.2, -0.15) is 0 Å². The second-order valence-corrected chi connectivity index (χ2v) is 2.35. The standard InChI is InChI=1S/C7H13FO/c1-3-4-6(2)7(8)5-9/h5-7H,3-4H2,1-2H3. The normalized spacial score (nSPS) is 16.8. The highest BCUT2D eigenvalue weighted by Gasteiger charge is 2.12. The van der Waals surface area contributed by atoms with Crippen molar-refractivity contribution in [3.8, 4) is 0 Å². The summed E-state index contributed by atoms with van der Waals surface area (Å²) < 4.78 is 12.3. The molecule has 1 nitrogen and oxygen atoms in total. The topological polar surface area (TPSA) is 17.1 Å². The number of rotatable bonds is 4. The molecule has 0 fully saturated rings. The molecule has 0 saturated carbocycles. The largest absolute Gasteiger partial charge is 0.300 e. The Hall–Kier alpha value is -0.400. The molecule has 0 aromatic rings. The zero-order chi connectivity index (χ0) is 7.28. The number of aldehydes is 1. The van der Waals surface area contributed by atoms with E-state index in [-0.39, 0.29) is 5.92 Å². The van der Waals surface area contributed by atoms with Crippen molar-refractivity contribution in [2.45, 2.75) is 32.9 Å². The first kappa shape index (κ1) is 8.60. The minimum absolute atomic E-state index is 0.104. The fourth-order valence-corrected chi connectivity index (χ4v) is 0.749. The van der Waals surface area contributed by atoms with E-state index >= 15 is 0 Å². The molecule has 0 amide bonds. The Labute approximate surface area is 55.3 Å². The number of carbonyl (C=O) groups excluding carboxylic acids is 1. The van der Waals surface area contributed by atoms with Crippen LogP contribution in [0.2, 0.25) is 0 Å². The van der Waals surface area contributed by atoms with Crippen molar-refractivity contribution in [3.05, 3.63) is 0 Å². The molecule has 0 heterocycles. The van der Waals surface area contributed by atoms with Crippen LogP contribution in [0.3, 0.4) is 0 Å². The lowest BCUT2D eigenvalue weighted by atomic mass is 10.0. The van der Waals surface area contributed by atoms with E-state index < -0.39 is 6.17 Å². The third-order valence-corrected chi connectivity index (χ3v) is 1.42. The van der Waals surface area contributed by atoms with E-state index in [4.69, 9.17) is 0 Å². The van der Waals surface area contributed by atoms with Gasteiger partial charge in [0.15, 0.2) is 12.5 Å². The van der Waals surface area contributed by atoms with Gasteiger partial charge in [0.25, 0.3) is 0 Å². The SMILES string of the molecule is CCCC(C)C(F)C=O. The van der Waals surface area contributed by atoms with Gasteiger partial charge in [0, 0.05) is 0 Å². The zero-order valence-electron chi connectivity index (χ0n) is 5.93. The van der Waals surface area contributed by atoms with E-state index in [1.807, 2.05) is 6.92 Å². The van der Waals surface area contributed by atoms with E-state index in [9.17, 15) is 9.18 Å². The van der Waals surface area contributed by atoms with Gasteiger partial charge in [0.2, 0.25) is 0 Å². The lowest BCUT2D eigenvalue weighted by Crippen LogP contribution is -2.13. The minimum atomic E-state index is -1.26. The molecule has 0 aliphatic carbocycles. The maximum absolute atomic E-state index is 12.3. The Morgan fingerprint density at radius 2 is 2.22 bits per heavy atom. The molecule has 54 valence electrons. The molecule has 0 N–H and O–H groups in total. The Kier molecular flexibility index (Phi) is 4.28. The van der Waals surface area contributed by atoms with Crippen molar-refractivity contribution < 1.29 is 9.18 Å². The van der Waals surface area contributed by atoms with Gasteiger partial charge >= 0.3 is 0 Å².